The molecule has 1 saturated heterocycles. The van der Waals surface area contributed by atoms with E-state index in [0.717, 1.165) is 53.9 Å². The molecular weight excluding hydrogens is 491 g/mol. The highest BCUT2D eigenvalue weighted by Gasteiger charge is 2.18. The number of carbonyl (C=O) groups excluding carboxylic acids is 1. The van der Waals surface area contributed by atoms with Gasteiger partial charge < -0.3 is 20.1 Å². The Morgan fingerprint density at radius 1 is 1.00 bits per heavy atom. The average molecular weight is 523 g/mol. The molecule has 1 aliphatic rings. The Morgan fingerprint density at radius 3 is 2.54 bits per heavy atom. The molecule has 198 valence electrons. The van der Waals surface area contributed by atoms with Crippen LogP contribution in [0.25, 0.3) is 22.3 Å². The van der Waals surface area contributed by atoms with Crippen molar-refractivity contribution in [2.45, 2.75) is 25.4 Å². The maximum atomic E-state index is 14.5. The lowest BCUT2D eigenvalue weighted by Gasteiger charge is -2.30. The van der Waals surface area contributed by atoms with Gasteiger partial charge in [-0.25, -0.2) is 4.39 Å². The van der Waals surface area contributed by atoms with Crippen LogP contribution in [0.4, 0.5) is 15.9 Å². The summed E-state index contributed by atoms with van der Waals surface area (Å²) in [6.07, 6.45) is 2.22. The van der Waals surface area contributed by atoms with Crippen molar-refractivity contribution in [3.8, 4) is 11.4 Å². The van der Waals surface area contributed by atoms with Crippen LogP contribution in [0.2, 0.25) is 0 Å². The monoisotopic (exact) mass is 522 g/mol. The molecule has 3 N–H and O–H groups in total. The SMILES string of the molecule is CN1CCC(Nc2ccc(C(=O)Nc3cc(-c4cc5ccccc5n4Cc4ccccc4F)[nH]n3)cc2)CC1. The Kier molecular flexibility index (Phi) is 6.85. The fourth-order valence-corrected chi connectivity index (χ4v) is 5.21. The molecule has 5 aromatic rings. The van der Waals surface area contributed by atoms with E-state index in [1.54, 1.807) is 18.2 Å². The number of aromatic nitrogens is 3. The molecule has 0 spiro atoms. The van der Waals surface area contributed by atoms with Crippen LogP contribution in [0.3, 0.4) is 0 Å². The standard InChI is InChI=1S/C31H31FN6O/c1-37-16-14-25(15-17-37)33-24-12-10-21(11-13-24)31(39)34-30-19-27(35-36-30)29-18-22-6-3-5-9-28(22)38(29)20-23-7-2-4-8-26(23)32/h2-13,18-19,25,33H,14-17,20H2,1H3,(H2,34,35,36,39). The summed E-state index contributed by atoms with van der Waals surface area (Å²) in [6, 6.07) is 26.6. The first-order valence-electron chi connectivity index (χ1n) is 13.3. The molecule has 0 saturated carbocycles. The van der Waals surface area contributed by atoms with Gasteiger partial charge in [-0.2, -0.15) is 5.10 Å². The molecule has 0 atom stereocenters. The molecule has 6 rings (SSSR count). The first kappa shape index (κ1) is 24.9. The van der Waals surface area contributed by atoms with Crippen molar-refractivity contribution in [1.29, 1.82) is 0 Å². The molecule has 7 nitrogen and oxygen atoms in total. The molecule has 0 aliphatic carbocycles. The third-order valence-corrected chi connectivity index (χ3v) is 7.43. The summed E-state index contributed by atoms with van der Waals surface area (Å²) >= 11 is 0. The number of nitrogens with zero attached hydrogens (tertiary/aromatic N) is 3. The van der Waals surface area contributed by atoms with Crippen molar-refractivity contribution in [3.05, 3.63) is 102 Å². The van der Waals surface area contributed by atoms with E-state index in [4.69, 9.17) is 0 Å². The van der Waals surface area contributed by atoms with E-state index in [1.165, 1.54) is 6.07 Å². The van der Waals surface area contributed by atoms with E-state index < -0.39 is 0 Å². The number of amides is 1. The largest absolute Gasteiger partial charge is 0.382 e. The third-order valence-electron chi connectivity index (χ3n) is 7.43. The maximum absolute atomic E-state index is 14.5. The minimum atomic E-state index is -0.244. The van der Waals surface area contributed by atoms with Crippen molar-refractivity contribution in [1.82, 2.24) is 19.7 Å². The van der Waals surface area contributed by atoms with Crippen molar-refractivity contribution in [2.75, 3.05) is 30.8 Å². The number of rotatable bonds is 7. The zero-order chi connectivity index (χ0) is 26.8. The van der Waals surface area contributed by atoms with Gasteiger partial charge in [0.15, 0.2) is 5.82 Å². The minimum absolute atomic E-state index is 0.231. The number of hydrogen-bond acceptors (Lipinski definition) is 4. The van der Waals surface area contributed by atoms with Crippen LogP contribution in [0.1, 0.15) is 28.8 Å². The first-order valence-corrected chi connectivity index (χ1v) is 13.3. The van der Waals surface area contributed by atoms with E-state index in [0.29, 0.717) is 29.5 Å². The fraction of sp³-hybridized carbons (Fsp3) is 0.226. The molecule has 3 aromatic carbocycles. The first-order chi connectivity index (χ1) is 19.0. The lowest BCUT2D eigenvalue weighted by atomic mass is 10.0. The lowest BCUT2D eigenvalue weighted by molar-refractivity contribution is 0.102. The van der Waals surface area contributed by atoms with Crippen LogP contribution in [-0.4, -0.2) is 51.8 Å². The predicted octanol–water partition coefficient (Wildman–Crippen LogP) is 5.98. The van der Waals surface area contributed by atoms with Gasteiger partial charge in [0.05, 0.1) is 17.9 Å². The molecule has 2 aromatic heterocycles. The minimum Gasteiger partial charge on any atom is -0.382 e. The molecule has 3 heterocycles. The quantitative estimate of drug-likeness (QED) is 0.246. The summed E-state index contributed by atoms with van der Waals surface area (Å²) in [4.78, 5) is 15.3. The topological polar surface area (TPSA) is 78.0 Å². The van der Waals surface area contributed by atoms with E-state index in [2.05, 4.69) is 37.3 Å². The number of carbonyl (C=O) groups is 1. The molecule has 0 bridgehead atoms. The number of piperidine rings is 1. The zero-order valence-electron chi connectivity index (χ0n) is 21.8. The normalized spacial score (nSPS) is 14.5. The number of anilines is 2. The van der Waals surface area contributed by atoms with E-state index in [9.17, 15) is 9.18 Å². The summed E-state index contributed by atoms with van der Waals surface area (Å²) in [6.45, 7) is 2.55. The molecule has 0 radical (unpaired) electrons. The Balaban J connectivity index is 1.18. The zero-order valence-corrected chi connectivity index (χ0v) is 21.8. The summed E-state index contributed by atoms with van der Waals surface area (Å²) < 4.78 is 16.6. The van der Waals surface area contributed by atoms with Gasteiger partial charge in [-0.15, -0.1) is 0 Å². The molecule has 0 unspecified atom stereocenters. The summed E-state index contributed by atoms with van der Waals surface area (Å²) in [5.41, 5.74) is 4.76. The lowest BCUT2D eigenvalue weighted by Crippen LogP contribution is -2.36. The fourth-order valence-electron chi connectivity index (χ4n) is 5.21. The third kappa shape index (κ3) is 5.42. The van der Waals surface area contributed by atoms with Gasteiger partial charge in [0.2, 0.25) is 0 Å². The number of likely N-dealkylation sites (tertiary alicyclic amines) is 1. The van der Waals surface area contributed by atoms with Crippen LogP contribution in [0.15, 0.2) is 84.9 Å². The van der Waals surface area contributed by atoms with Crippen molar-refractivity contribution >= 4 is 28.3 Å². The molecule has 1 fully saturated rings. The number of para-hydroxylation sites is 1. The molecule has 1 aliphatic heterocycles. The average Bonchev–Trinajstić information content (AvgIpc) is 3.56. The maximum Gasteiger partial charge on any atom is 0.256 e. The van der Waals surface area contributed by atoms with Gasteiger partial charge in [0.1, 0.15) is 5.82 Å². The summed E-state index contributed by atoms with van der Waals surface area (Å²) in [5.74, 6) is -0.0524. The Hall–Kier alpha value is -4.43. The molecule has 1 amide bonds. The van der Waals surface area contributed by atoms with Crippen molar-refractivity contribution in [3.63, 3.8) is 0 Å². The van der Waals surface area contributed by atoms with Gasteiger partial charge in [-0.3, -0.25) is 9.89 Å². The number of benzene rings is 3. The van der Waals surface area contributed by atoms with Crippen molar-refractivity contribution < 1.29 is 9.18 Å². The Bertz CT molecular complexity index is 1600. The number of H-pyrrole nitrogens is 1. The second-order valence-corrected chi connectivity index (χ2v) is 10.2. The van der Waals surface area contributed by atoms with Crippen LogP contribution in [-0.2, 0) is 6.54 Å². The Morgan fingerprint density at radius 2 is 1.74 bits per heavy atom. The van der Waals surface area contributed by atoms with Gasteiger partial charge in [0.25, 0.3) is 5.91 Å². The van der Waals surface area contributed by atoms with Crippen LogP contribution < -0.4 is 10.6 Å². The van der Waals surface area contributed by atoms with Crippen LogP contribution >= 0.6 is 0 Å². The predicted molar refractivity (Wildman–Crippen MR) is 154 cm³/mol. The highest BCUT2D eigenvalue weighted by atomic mass is 19.1. The highest BCUT2D eigenvalue weighted by Crippen LogP contribution is 2.30. The Labute approximate surface area is 226 Å². The van der Waals surface area contributed by atoms with Gasteiger partial charge in [-0.05, 0) is 75.4 Å². The van der Waals surface area contributed by atoms with Crippen molar-refractivity contribution in [2.24, 2.45) is 0 Å². The summed E-state index contributed by atoms with van der Waals surface area (Å²) in [7, 11) is 2.15. The molecule has 8 heteroatoms. The second-order valence-electron chi connectivity index (χ2n) is 10.2. The van der Waals surface area contributed by atoms with Crippen LogP contribution in [0, 0.1) is 5.82 Å². The number of fused-ring (bicyclic) bond motifs is 1. The smallest absolute Gasteiger partial charge is 0.256 e. The number of hydrogen-bond donors (Lipinski definition) is 3. The van der Waals surface area contributed by atoms with E-state index in [1.807, 2.05) is 60.7 Å². The summed E-state index contributed by atoms with van der Waals surface area (Å²) in [5, 5.41) is 14.9. The molecule has 39 heavy (non-hydrogen) atoms. The van der Waals surface area contributed by atoms with Gasteiger partial charge >= 0.3 is 0 Å². The number of aromatic amines is 1. The van der Waals surface area contributed by atoms with Crippen LogP contribution in [0.5, 0.6) is 0 Å². The van der Waals surface area contributed by atoms with E-state index in [-0.39, 0.29) is 11.7 Å². The molecular formula is C31H31FN6O. The van der Waals surface area contributed by atoms with E-state index >= 15 is 0 Å². The second kappa shape index (κ2) is 10.7. The highest BCUT2D eigenvalue weighted by molar-refractivity contribution is 6.04. The van der Waals surface area contributed by atoms with Gasteiger partial charge in [0, 0.05) is 39.8 Å². The van der Waals surface area contributed by atoms with Gasteiger partial charge in [-0.1, -0.05) is 36.4 Å². The number of nitrogens with one attached hydrogen (secondary N) is 3. The number of halogens is 1.